The van der Waals surface area contributed by atoms with Gasteiger partial charge in [-0.3, -0.25) is 4.79 Å². The Morgan fingerprint density at radius 2 is 2.04 bits per heavy atom. The zero-order chi connectivity index (χ0) is 16.4. The van der Waals surface area contributed by atoms with E-state index in [2.05, 4.69) is 26.3 Å². The van der Waals surface area contributed by atoms with Crippen molar-refractivity contribution >= 4 is 39.3 Å². The minimum absolute atomic E-state index is 0.184. The summed E-state index contributed by atoms with van der Waals surface area (Å²) in [7, 11) is 1.82. The van der Waals surface area contributed by atoms with Crippen LogP contribution in [0.25, 0.3) is 0 Å². The van der Waals surface area contributed by atoms with Crippen molar-refractivity contribution in [3.8, 4) is 0 Å². The van der Waals surface area contributed by atoms with Crippen molar-refractivity contribution in [1.29, 1.82) is 0 Å². The van der Waals surface area contributed by atoms with Gasteiger partial charge in [0.25, 0.3) is 5.91 Å². The number of aromatic nitrogens is 3. The number of anilines is 1. The lowest BCUT2D eigenvalue weighted by atomic mass is 10.2. The average Bonchev–Trinajstić information content (AvgIpc) is 3.08. The average molecular weight is 394 g/mol. The van der Waals surface area contributed by atoms with E-state index in [-0.39, 0.29) is 5.91 Å². The number of carbonyl (C=O) groups excluding carboxylic acids is 1. The van der Waals surface area contributed by atoms with E-state index < -0.39 is 0 Å². The molecule has 7 heteroatoms. The standard InChI is InChI=1S/C16H14BrClN4O/c1-21-10-12(17)8-14(21)16(23)20-15-6-7-19-22(15)9-11-2-4-13(18)5-3-11/h2-8,10H,9H2,1H3,(H,20,23). The van der Waals surface area contributed by atoms with Gasteiger partial charge >= 0.3 is 0 Å². The topological polar surface area (TPSA) is 51.9 Å². The van der Waals surface area contributed by atoms with Crippen LogP contribution in [-0.2, 0) is 13.6 Å². The van der Waals surface area contributed by atoms with Crippen LogP contribution in [0.4, 0.5) is 5.82 Å². The zero-order valence-electron chi connectivity index (χ0n) is 12.3. The molecule has 1 aromatic carbocycles. The molecular weight excluding hydrogens is 380 g/mol. The molecule has 0 saturated heterocycles. The molecule has 0 fully saturated rings. The minimum atomic E-state index is -0.184. The minimum Gasteiger partial charge on any atom is -0.345 e. The normalized spacial score (nSPS) is 10.7. The molecule has 3 rings (SSSR count). The van der Waals surface area contributed by atoms with Gasteiger partial charge in [0.15, 0.2) is 0 Å². The highest BCUT2D eigenvalue weighted by Gasteiger charge is 2.13. The first-order chi connectivity index (χ1) is 11.0. The summed E-state index contributed by atoms with van der Waals surface area (Å²) in [6.45, 7) is 0.552. The molecule has 0 unspecified atom stereocenters. The molecule has 5 nitrogen and oxygen atoms in total. The molecular formula is C16H14BrClN4O. The van der Waals surface area contributed by atoms with Gasteiger partial charge in [-0.1, -0.05) is 23.7 Å². The Bertz CT molecular complexity index is 838. The van der Waals surface area contributed by atoms with E-state index >= 15 is 0 Å². The second-order valence-corrected chi connectivity index (χ2v) is 6.46. The number of hydrogen-bond donors (Lipinski definition) is 1. The second kappa shape index (κ2) is 6.60. The Kier molecular flexibility index (Phi) is 4.54. The van der Waals surface area contributed by atoms with Crippen LogP contribution in [0, 0.1) is 0 Å². The number of hydrogen-bond acceptors (Lipinski definition) is 2. The van der Waals surface area contributed by atoms with Crippen molar-refractivity contribution in [2.75, 3.05) is 5.32 Å². The predicted molar refractivity (Wildman–Crippen MR) is 93.8 cm³/mol. The lowest BCUT2D eigenvalue weighted by molar-refractivity contribution is 0.101. The fourth-order valence-corrected chi connectivity index (χ4v) is 2.91. The van der Waals surface area contributed by atoms with Gasteiger partial charge in [0, 0.05) is 28.8 Å². The summed E-state index contributed by atoms with van der Waals surface area (Å²) in [5, 5.41) is 7.84. The predicted octanol–water partition coefficient (Wildman–Crippen LogP) is 3.94. The van der Waals surface area contributed by atoms with E-state index in [4.69, 9.17) is 11.6 Å². The first kappa shape index (κ1) is 15.8. The fraction of sp³-hybridized carbons (Fsp3) is 0.125. The van der Waals surface area contributed by atoms with Gasteiger partial charge in [-0.25, -0.2) is 4.68 Å². The summed E-state index contributed by atoms with van der Waals surface area (Å²) in [6.07, 6.45) is 3.49. The third kappa shape index (κ3) is 3.65. The number of nitrogens with zero attached hydrogens (tertiary/aromatic N) is 3. The number of rotatable bonds is 4. The van der Waals surface area contributed by atoms with Gasteiger partial charge in [-0.2, -0.15) is 5.10 Å². The van der Waals surface area contributed by atoms with Crippen molar-refractivity contribution in [3.05, 3.63) is 69.5 Å². The van der Waals surface area contributed by atoms with Crippen LogP contribution in [0.3, 0.4) is 0 Å². The van der Waals surface area contributed by atoms with Gasteiger partial charge in [0.1, 0.15) is 11.5 Å². The maximum Gasteiger partial charge on any atom is 0.273 e. The van der Waals surface area contributed by atoms with Crippen molar-refractivity contribution < 1.29 is 4.79 Å². The first-order valence-electron chi connectivity index (χ1n) is 6.92. The molecule has 3 aromatic rings. The van der Waals surface area contributed by atoms with E-state index in [0.29, 0.717) is 23.1 Å². The maximum absolute atomic E-state index is 12.4. The molecule has 0 atom stereocenters. The van der Waals surface area contributed by atoms with Gasteiger partial charge < -0.3 is 9.88 Å². The van der Waals surface area contributed by atoms with Crippen LogP contribution in [0.1, 0.15) is 16.1 Å². The van der Waals surface area contributed by atoms with E-state index in [1.54, 1.807) is 27.6 Å². The molecule has 2 aromatic heterocycles. The van der Waals surface area contributed by atoms with E-state index in [9.17, 15) is 4.79 Å². The number of halogens is 2. The summed E-state index contributed by atoms with van der Waals surface area (Å²) in [6, 6.07) is 11.1. The van der Waals surface area contributed by atoms with Crippen molar-refractivity contribution in [2.45, 2.75) is 6.54 Å². The van der Waals surface area contributed by atoms with Crippen molar-refractivity contribution in [1.82, 2.24) is 14.3 Å². The third-order valence-corrected chi connectivity index (χ3v) is 4.09. The summed E-state index contributed by atoms with van der Waals surface area (Å²) >= 11 is 9.26. The van der Waals surface area contributed by atoms with Crippen LogP contribution in [0.2, 0.25) is 5.02 Å². The Hall–Kier alpha value is -2.05. The molecule has 2 heterocycles. The summed E-state index contributed by atoms with van der Waals surface area (Å²) in [4.78, 5) is 12.4. The number of aryl methyl sites for hydroxylation is 1. The van der Waals surface area contributed by atoms with Crippen LogP contribution < -0.4 is 5.32 Å². The third-order valence-electron chi connectivity index (χ3n) is 3.41. The summed E-state index contributed by atoms with van der Waals surface area (Å²) in [5.41, 5.74) is 1.62. The quantitative estimate of drug-likeness (QED) is 0.730. The Morgan fingerprint density at radius 3 is 2.70 bits per heavy atom. The molecule has 0 aliphatic heterocycles. The maximum atomic E-state index is 12.4. The molecule has 0 spiro atoms. The highest BCUT2D eigenvalue weighted by Crippen LogP contribution is 2.17. The number of benzene rings is 1. The first-order valence-corrected chi connectivity index (χ1v) is 8.09. The van der Waals surface area contributed by atoms with E-state index in [1.165, 1.54) is 0 Å². The number of carbonyl (C=O) groups is 1. The largest absolute Gasteiger partial charge is 0.345 e. The van der Waals surface area contributed by atoms with E-state index in [0.717, 1.165) is 10.0 Å². The fourth-order valence-electron chi connectivity index (χ4n) is 2.26. The smallest absolute Gasteiger partial charge is 0.273 e. The Morgan fingerprint density at radius 1 is 1.30 bits per heavy atom. The van der Waals surface area contributed by atoms with Gasteiger partial charge in [-0.15, -0.1) is 0 Å². The molecule has 0 radical (unpaired) electrons. The number of nitrogens with one attached hydrogen (secondary N) is 1. The Labute approximate surface area is 147 Å². The van der Waals surface area contributed by atoms with Crippen molar-refractivity contribution in [3.63, 3.8) is 0 Å². The molecule has 0 bridgehead atoms. The molecule has 23 heavy (non-hydrogen) atoms. The molecule has 0 aliphatic carbocycles. The van der Waals surface area contributed by atoms with Crippen molar-refractivity contribution in [2.24, 2.45) is 7.05 Å². The number of amides is 1. The van der Waals surface area contributed by atoms with Crippen LogP contribution >= 0.6 is 27.5 Å². The van der Waals surface area contributed by atoms with Crippen LogP contribution in [0.5, 0.6) is 0 Å². The molecule has 0 aliphatic rings. The highest BCUT2D eigenvalue weighted by molar-refractivity contribution is 9.10. The molecule has 1 amide bonds. The van der Waals surface area contributed by atoms with Gasteiger partial charge in [0.2, 0.25) is 0 Å². The molecule has 1 N–H and O–H groups in total. The highest BCUT2D eigenvalue weighted by atomic mass is 79.9. The second-order valence-electron chi connectivity index (χ2n) is 5.11. The summed E-state index contributed by atoms with van der Waals surface area (Å²) in [5.74, 6) is 0.457. The molecule has 0 saturated carbocycles. The van der Waals surface area contributed by atoms with Crippen LogP contribution in [-0.4, -0.2) is 20.3 Å². The molecule has 118 valence electrons. The lowest BCUT2D eigenvalue weighted by Crippen LogP contribution is -2.18. The zero-order valence-corrected chi connectivity index (χ0v) is 14.7. The van der Waals surface area contributed by atoms with E-state index in [1.807, 2.05) is 37.5 Å². The SMILES string of the molecule is Cn1cc(Br)cc1C(=O)Nc1ccnn1Cc1ccc(Cl)cc1. The summed E-state index contributed by atoms with van der Waals surface area (Å²) < 4.78 is 4.36. The lowest BCUT2D eigenvalue weighted by Gasteiger charge is -2.09. The monoisotopic (exact) mass is 392 g/mol. The van der Waals surface area contributed by atoms with Crippen LogP contribution in [0.15, 0.2) is 53.3 Å². The van der Waals surface area contributed by atoms with Gasteiger partial charge in [-0.05, 0) is 39.7 Å². The Balaban J connectivity index is 1.77. The van der Waals surface area contributed by atoms with Gasteiger partial charge in [0.05, 0.1) is 12.7 Å².